The van der Waals surface area contributed by atoms with Crippen LogP contribution in [0.25, 0.3) is 0 Å². The third kappa shape index (κ3) is 3.58. The minimum absolute atomic E-state index is 0.209. The van der Waals surface area contributed by atoms with Crippen LogP contribution in [-0.2, 0) is 0 Å². The lowest BCUT2D eigenvalue weighted by Gasteiger charge is -2.42. The van der Waals surface area contributed by atoms with Gasteiger partial charge in [0.25, 0.3) is 0 Å². The Balaban J connectivity index is 4.80. The minimum Gasteiger partial charge on any atom is -0.396 e. The summed E-state index contributed by atoms with van der Waals surface area (Å²) in [6.45, 7) is 11.4. The van der Waals surface area contributed by atoms with E-state index in [1.807, 2.05) is 0 Å². The van der Waals surface area contributed by atoms with Crippen molar-refractivity contribution in [3.8, 4) is 0 Å². The molecule has 0 aromatic carbocycles. The van der Waals surface area contributed by atoms with Gasteiger partial charge in [0.15, 0.2) is 0 Å². The topological polar surface area (TPSA) is 23.5 Å². The molecule has 0 saturated heterocycles. The first-order valence-electron chi connectivity index (χ1n) is 5.49. The van der Waals surface area contributed by atoms with Crippen molar-refractivity contribution in [2.75, 3.05) is 20.7 Å². The van der Waals surface area contributed by atoms with Gasteiger partial charge in [-0.2, -0.15) is 0 Å². The molecule has 0 bridgehead atoms. The minimum atomic E-state index is 0.209. The Labute approximate surface area is 89.3 Å². The molecule has 2 nitrogen and oxygen atoms in total. The molecule has 0 heterocycles. The summed E-state index contributed by atoms with van der Waals surface area (Å²) in [5.41, 5.74) is 0.209. The summed E-state index contributed by atoms with van der Waals surface area (Å²) in [4.78, 5) is 2.24. The van der Waals surface area contributed by atoms with Crippen LogP contribution in [0.1, 0.15) is 34.6 Å². The van der Waals surface area contributed by atoms with E-state index >= 15 is 0 Å². The molecule has 2 heteroatoms. The Hall–Kier alpha value is -0.0800. The molecule has 2 atom stereocenters. The van der Waals surface area contributed by atoms with Gasteiger partial charge in [0.1, 0.15) is 0 Å². The van der Waals surface area contributed by atoms with Crippen molar-refractivity contribution in [1.29, 1.82) is 0 Å². The normalized spacial score (nSPS) is 17.6. The second-order valence-electron chi connectivity index (χ2n) is 5.86. The van der Waals surface area contributed by atoms with Crippen LogP contribution in [0.15, 0.2) is 0 Å². The standard InChI is InChI=1S/C12H27NO/c1-9(2)10(8-14)11(13(6)7)12(3,4)5/h9-11,14H,8H2,1-7H3. The van der Waals surface area contributed by atoms with E-state index in [9.17, 15) is 5.11 Å². The summed E-state index contributed by atoms with van der Waals surface area (Å²) in [5.74, 6) is 0.872. The third-order valence-electron chi connectivity index (χ3n) is 2.92. The average Bonchev–Trinajstić information content (AvgIpc) is 1.95. The predicted octanol–water partition coefficient (Wildman–Crippen LogP) is 2.23. The molecular formula is C12H27NO. The number of aliphatic hydroxyl groups is 1. The zero-order valence-electron chi connectivity index (χ0n) is 10.8. The fourth-order valence-electron chi connectivity index (χ4n) is 2.48. The van der Waals surface area contributed by atoms with Gasteiger partial charge in [0.2, 0.25) is 0 Å². The second-order valence-corrected chi connectivity index (χ2v) is 5.86. The van der Waals surface area contributed by atoms with E-state index in [1.165, 1.54) is 0 Å². The lowest BCUT2D eigenvalue weighted by molar-refractivity contribution is 0.0339. The first-order valence-corrected chi connectivity index (χ1v) is 5.49. The monoisotopic (exact) mass is 201 g/mol. The highest BCUT2D eigenvalue weighted by Gasteiger charge is 2.34. The van der Waals surface area contributed by atoms with Crippen LogP contribution in [0.5, 0.6) is 0 Å². The first kappa shape index (κ1) is 13.9. The summed E-state index contributed by atoms with van der Waals surface area (Å²) >= 11 is 0. The van der Waals surface area contributed by atoms with Crippen LogP contribution < -0.4 is 0 Å². The lowest BCUT2D eigenvalue weighted by Crippen LogP contribution is -2.48. The highest BCUT2D eigenvalue weighted by Crippen LogP contribution is 2.32. The van der Waals surface area contributed by atoms with Crippen molar-refractivity contribution in [2.45, 2.75) is 40.7 Å². The number of nitrogens with zero attached hydrogens (tertiary/aromatic N) is 1. The predicted molar refractivity (Wildman–Crippen MR) is 62.3 cm³/mol. The number of aliphatic hydroxyl groups excluding tert-OH is 1. The molecule has 0 aliphatic rings. The van der Waals surface area contributed by atoms with Crippen molar-refractivity contribution in [3.63, 3.8) is 0 Å². The van der Waals surface area contributed by atoms with E-state index in [1.54, 1.807) is 0 Å². The number of rotatable bonds is 4. The van der Waals surface area contributed by atoms with Crippen LogP contribution >= 0.6 is 0 Å². The van der Waals surface area contributed by atoms with Crippen molar-refractivity contribution in [1.82, 2.24) is 4.90 Å². The van der Waals surface area contributed by atoms with Gasteiger partial charge >= 0.3 is 0 Å². The largest absolute Gasteiger partial charge is 0.396 e. The van der Waals surface area contributed by atoms with E-state index in [-0.39, 0.29) is 12.0 Å². The van der Waals surface area contributed by atoms with Crippen LogP contribution in [0, 0.1) is 17.3 Å². The molecule has 0 aliphatic heterocycles. The van der Waals surface area contributed by atoms with E-state index in [0.717, 1.165) is 0 Å². The van der Waals surface area contributed by atoms with Crippen molar-refractivity contribution >= 4 is 0 Å². The van der Waals surface area contributed by atoms with Crippen molar-refractivity contribution in [2.24, 2.45) is 17.3 Å². The van der Waals surface area contributed by atoms with Gasteiger partial charge in [0, 0.05) is 18.6 Å². The molecule has 0 fully saturated rings. The fraction of sp³-hybridized carbons (Fsp3) is 1.00. The third-order valence-corrected chi connectivity index (χ3v) is 2.92. The van der Waals surface area contributed by atoms with E-state index in [0.29, 0.717) is 17.9 Å². The van der Waals surface area contributed by atoms with Crippen LogP contribution in [-0.4, -0.2) is 36.8 Å². The highest BCUT2D eigenvalue weighted by molar-refractivity contribution is 4.87. The van der Waals surface area contributed by atoms with E-state index in [2.05, 4.69) is 53.6 Å². The van der Waals surface area contributed by atoms with Gasteiger partial charge in [0.05, 0.1) is 0 Å². The quantitative estimate of drug-likeness (QED) is 0.754. The van der Waals surface area contributed by atoms with Gasteiger partial charge in [-0.15, -0.1) is 0 Å². The van der Waals surface area contributed by atoms with Crippen LogP contribution in [0.3, 0.4) is 0 Å². The molecule has 2 unspecified atom stereocenters. The van der Waals surface area contributed by atoms with Gasteiger partial charge in [-0.1, -0.05) is 34.6 Å². The highest BCUT2D eigenvalue weighted by atomic mass is 16.3. The molecule has 0 spiro atoms. The van der Waals surface area contributed by atoms with Gasteiger partial charge in [-0.3, -0.25) is 0 Å². The Morgan fingerprint density at radius 2 is 1.57 bits per heavy atom. The second kappa shape index (κ2) is 5.13. The molecule has 1 N–H and O–H groups in total. The Kier molecular flexibility index (Phi) is 5.10. The SMILES string of the molecule is CC(C)C(CO)C(N(C)C)C(C)(C)C. The maximum atomic E-state index is 9.45. The molecule has 0 saturated carbocycles. The van der Waals surface area contributed by atoms with Crippen molar-refractivity contribution in [3.05, 3.63) is 0 Å². The zero-order valence-corrected chi connectivity index (χ0v) is 10.8. The summed E-state index contributed by atoms with van der Waals surface area (Å²) in [6.07, 6.45) is 0. The molecule has 0 aliphatic carbocycles. The lowest BCUT2D eigenvalue weighted by atomic mass is 9.74. The van der Waals surface area contributed by atoms with Crippen LogP contribution in [0.4, 0.5) is 0 Å². The molecule has 14 heavy (non-hydrogen) atoms. The molecule has 0 amide bonds. The average molecular weight is 201 g/mol. The summed E-state index contributed by atoms with van der Waals surface area (Å²) < 4.78 is 0. The molecule has 0 rings (SSSR count). The molecule has 0 aromatic heterocycles. The van der Waals surface area contributed by atoms with Gasteiger partial charge in [-0.25, -0.2) is 0 Å². The fourth-order valence-corrected chi connectivity index (χ4v) is 2.48. The molecule has 0 radical (unpaired) electrons. The van der Waals surface area contributed by atoms with Crippen LogP contribution in [0.2, 0.25) is 0 Å². The first-order chi connectivity index (χ1) is 6.21. The van der Waals surface area contributed by atoms with Crippen molar-refractivity contribution < 1.29 is 5.11 Å². The molecule has 0 aromatic rings. The zero-order chi connectivity index (χ0) is 11.5. The maximum Gasteiger partial charge on any atom is 0.0476 e. The molecular weight excluding hydrogens is 174 g/mol. The summed E-state index contributed by atoms with van der Waals surface area (Å²) in [5, 5.41) is 9.45. The van der Waals surface area contributed by atoms with E-state index < -0.39 is 0 Å². The Morgan fingerprint density at radius 1 is 1.14 bits per heavy atom. The number of hydrogen-bond donors (Lipinski definition) is 1. The van der Waals surface area contributed by atoms with Gasteiger partial charge < -0.3 is 10.0 Å². The summed E-state index contributed by atoms with van der Waals surface area (Å²) in [7, 11) is 4.20. The Bertz CT molecular complexity index is 158. The van der Waals surface area contributed by atoms with E-state index in [4.69, 9.17) is 0 Å². The molecule has 86 valence electrons. The number of hydrogen-bond acceptors (Lipinski definition) is 2. The van der Waals surface area contributed by atoms with Gasteiger partial charge in [-0.05, 0) is 25.4 Å². The maximum absolute atomic E-state index is 9.45. The smallest absolute Gasteiger partial charge is 0.0476 e. The Morgan fingerprint density at radius 3 is 1.64 bits per heavy atom. The summed E-state index contributed by atoms with van der Waals surface area (Å²) in [6, 6.07) is 0.424.